The zero-order valence-electron chi connectivity index (χ0n) is 14.9. The van der Waals surface area contributed by atoms with Crippen molar-refractivity contribution < 1.29 is 9.53 Å². The molecule has 2 aromatic carbocycles. The molecule has 0 fully saturated rings. The van der Waals surface area contributed by atoms with Crippen LogP contribution in [0, 0.1) is 0 Å². The Labute approximate surface area is 156 Å². The first-order chi connectivity index (χ1) is 13.3. The predicted octanol–water partition coefficient (Wildman–Crippen LogP) is 3.32. The van der Waals surface area contributed by atoms with Crippen LogP contribution < -0.4 is 0 Å². The summed E-state index contributed by atoms with van der Waals surface area (Å²) in [5.41, 5.74) is 4.88. The van der Waals surface area contributed by atoms with Gasteiger partial charge in [0, 0.05) is 18.7 Å². The highest BCUT2D eigenvalue weighted by molar-refractivity contribution is 5.91. The van der Waals surface area contributed by atoms with Gasteiger partial charge in [0.1, 0.15) is 6.33 Å². The Hall–Kier alpha value is -3.48. The standard InChI is InChI=1S/C20H19N5O2/c1-2-27-20(23-19-21-13-22-24-19)25-10-14-6-3-4-9-17(14)18-15(11-25)7-5-8-16(18)12-26/h3-9,12-13H,2,10-11H2,1H3,(H,21,22,24). The van der Waals surface area contributed by atoms with Crippen molar-refractivity contribution in [3.63, 3.8) is 0 Å². The van der Waals surface area contributed by atoms with E-state index in [-0.39, 0.29) is 0 Å². The average Bonchev–Trinajstić information content (AvgIpc) is 3.14. The molecule has 0 aliphatic carbocycles. The monoisotopic (exact) mass is 361 g/mol. The lowest BCUT2D eigenvalue weighted by atomic mass is 9.93. The Kier molecular flexibility index (Phi) is 4.65. The van der Waals surface area contributed by atoms with Gasteiger partial charge >= 0.3 is 0 Å². The van der Waals surface area contributed by atoms with E-state index in [9.17, 15) is 4.79 Å². The van der Waals surface area contributed by atoms with Crippen LogP contribution in [0.1, 0.15) is 28.4 Å². The third kappa shape index (κ3) is 3.31. The molecule has 0 unspecified atom stereocenters. The first kappa shape index (κ1) is 17.0. The molecule has 4 rings (SSSR count). The number of ether oxygens (including phenoxy) is 1. The third-order valence-corrected chi connectivity index (χ3v) is 4.47. The fourth-order valence-corrected chi connectivity index (χ4v) is 3.35. The summed E-state index contributed by atoms with van der Waals surface area (Å²) in [7, 11) is 0. The number of rotatable bonds is 3. The first-order valence-corrected chi connectivity index (χ1v) is 8.77. The number of hydrogen-bond acceptors (Lipinski definition) is 5. The predicted molar refractivity (Wildman–Crippen MR) is 102 cm³/mol. The second-order valence-electron chi connectivity index (χ2n) is 6.15. The topological polar surface area (TPSA) is 83.5 Å². The number of nitrogens with zero attached hydrogens (tertiary/aromatic N) is 4. The number of nitrogens with one attached hydrogen (secondary N) is 1. The van der Waals surface area contributed by atoms with Crippen molar-refractivity contribution in [2.24, 2.45) is 4.99 Å². The number of amidine groups is 1. The van der Waals surface area contributed by atoms with E-state index in [0.717, 1.165) is 28.5 Å². The molecular formula is C20H19N5O2. The van der Waals surface area contributed by atoms with Gasteiger partial charge in [0.05, 0.1) is 6.61 Å². The molecule has 1 aliphatic heterocycles. The van der Waals surface area contributed by atoms with Crippen LogP contribution in [0.2, 0.25) is 0 Å². The van der Waals surface area contributed by atoms with Gasteiger partial charge < -0.3 is 9.64 Å². The number of carbonyl (C=O) groups is 1. The number of benzene rings is 2. The highest BCUT2D eigenvalue weighted by Gasteiger charge is 2.24. The van der Waals surface area contributed by atoms with Gasteiger partial charge in [-0.25, -0.2) is 5.10 Å². The molecule has 0 saturated carbocycles. The molecule has 0 bridgehead atoms. The molecule has 2 heterocycles. The lowest BCUT2D eigenvalue weighted by molar-refractivity contribution is 0.112. The van der Waals surface area contributed by atoms with Gasteiger partial charge in [0.2, 0.25) is 5.95 Å². The second-order valence-corrected chi connectivity index (χ2v) is 6.15. The van der Waals surface area contributed by atoms with Gasteiger partial charge in [-0.3, -0.25) is 4.79 Å². The van der Waals surface area contributed by atoms with Gasteiger partial charge in [-0.05, 0) is 29.2 Å². The molecule has 7 nitrogen and oxygen atoms in total. The summed E-state index contributed by atoms with van der Waals surface area (Å²) in [6, 6.07) is 14.4. The van der Waals surface area contributed by atoms with E-state index in [2.05, 4.69) is 32.3 Å². The second kappa shape index (κ2) is 7.41. The first-order valence-electron chi connectivity index (χ1n) is 8.77. The number of fused-ring (bicyclic) bond motifs is 3. The SMILES string of the molecule is CCOC(=Nc1ncn[nH]1)N1Cc2ccccc2-c2c(C=O)cccc2C1. The zero-order valence-corrected chi connectivity index (χ0v) is 14.9. The minimum Gasteiger partial charge on any atom is -0.465 e. The maximum Gasteiger partial charge on any atom is 0.296 e. The van der Waals surface area contributed by atoms with Gasteiger partial charge in [-0.2, -0.15) is 15.1 Å². The quantitative estimate of drug-likeness (QED) is 0.439. The normalized spacial score (nSPS) is 13.5. The summed E-state index contributed by atoms with van der Waals surface area (Å²) in [5.74, 6) is 0.387. The van der Waals surface area contributed by atoms with E-state index in [1.807, 2.05) is 42.2 Å². The van der Waals surface area contributed by atoms with Crippen molar-refractivity contribution in [3.05, 3.63) is 65.5 Å². The number of carbonyl (C=O) groups excluding carboxylic acids is 1. The molecule has 0 atom stereocenters. The smallest absolute Gasteiger partial charge is 0.296 e. The van der Waals surface area contributed by atoms with Crippen molar-refractivity contribution in [1.82, 2.24) is 20.1 Å². The lowest BCUT2D eigenvalue weighted by Crippen LogP contribution is -2.31. The van der Waals surface area contributed by atoms with Crippen LogP contribution in [0.3, 0.4) is 0 Å². The highest BCUT2D eigenvalue weighted by Crippen LogP contribution is 2.35. The van der Waals surface area contributed by atoms with Crippen LogP contribution in [-0.2, 0) is 17.8 Å². The zero-order chi connectivity index (χ0) is 18.6. The molecule has 27 heavy (non-hydrogen) atoms. The maximum atomic E-state index is 11.6. The molecular weight excluding hydrogens is 342 g/mol. The van der Waals surface area contributed by atoms with E-state index in [4.69, 9.17) is 4.74 Å². The molecule has 0 saturated heterocycles. The number of aldehydes is 1. The Morgan fingerprint density at radius 2 is 2.04 bits per heavy atom. The minimum absolute atomic E-state index is 0.387. The van der Waals surface area contributed by atoms with E-state index in [1.54, 1.807) is 0 Å². The molecule has 1 N–H and O–H groups in total. The van der Waals surface area contributed by atoms with Gasteiger partial charge in [-0.15, -0.1) is 0 Å². The molecule has 1 aromatic heterocycles. The van der Waals surface area contributed by atoms with Crippen LogP contribution in [-0.4, -0.2) is 39.0 Å². The summed E-state index contributed by atoms with van der Waals surface area (Å²) < 4.78 is 5.82. The molecule has 3 aromatic rings. The molecule has 0 radical (unpaired) electrons. The van der Waals surface area contributed by atoms with E-state index in [0.29, 0.717) is 37.2 Å². The number of aromatic amines is 1. The summed E-state index contributed by atoms with van der Waals surface area (Å²) >= 11 is 0. The number of aliphatic imine (C=N–C) groups is 1. The lowest BCUT2D eigenvalue weighted by Gasteiger charge is -2.24. The molecule has 0 amide bonds. The fourth-order valence-electron chi connectivity index (χ4n) is 3.35. The highest BCUT2D eigenvalue weighted by atomic mass is 16.5. The van der Waals surface area contributed by atoms with E-state index in [1.165, 1.54) is 6.33 Å². The molecule has 0 spiro atoms. The Morgan fingerprint density at radius 3 is 2.81 bits per heavy atom. The van der Waals surface area contributed by atoms with Crippen molar-refractivity contribution in [1.29, 1.82) is 0 Å². The van der Waals surface area contributed by atoms with Crippen LogP contribution >= 0.6 is 0 Å². The van der Waals surface area contributed by atoms with Crippen molar-refractivity contribution in [2.75, 3.05) is 6.61 Å². The van der Waals surface area contributed by atoms with E-state index >= 15 is 0 Å². The Morgan fingerprint density at radius 1 is 1.22 bits per heavy atom. The third-order valence-electron chi connectivity index (χ3n) is 4.47. The molecule has 1 aliphatic rings. The number of hydrogen-bond donors (Lipinski definition) is 1. The molecule has 7 heteroatoms. The van der Waals surface area contributed by atoms with E-state index < -0.39 is 0 Å². The summed E-state index contributed by atoms with van der Waals surface area (Å²) in [6.45, 7) is 3.57. The van der Waals surface area contributed by atoms with Crippen molar-refractivity contribution >= 4 is 18.3 Å². The Bertz CT molecular complexity index is 982. The maximum absolute atomic E-state index is 11.6. The summed E-state index contributed by atoms with van der Waals surface area (Å²) in [6.07, 6.45) is 2.32. The van der Waals surface area contributed by atoms with Crippen LogP contribution in [0.15, 0.2) is 53.8 Å². The fraction of sp³-hybridized carbons (Fsp3) is 0.200. The van der Waals surface area contributed by atoms with Crippen LogP contribution in [0.5, 0.6) is 0 Å². The van der Waals surface area contributed by atoms with Crippen LogP contribution in [0.4, 0.5) is 5.95 Å². The van der Waals surface area contributed by atoms with Gasteiger partial charge in [-0.1, -0.05) is 42.5 Å². The van der Waals surface area contributed by atoms with Crippen molar-refractivity contribution in [2.45, 2.75) is 20.0 Å². The van der Waals surface area contributed by atoms with Gasteiger partial charge in [0.15, 0.2) is 6.29 Å². The minimum atomic E-state index is 0.387. The summed E-state index contributed by atoms with van der Waals surface area (Å²) in [5, 5.41) is 6.57. The molecule has 136 valence electrons. The summed E-state index contributed by atoms with van der Waals surface area (Å²) in [4.78, 5) is 22.2. The average molecular weight is 361 g/mol. The largest absolute Gasteiger partial charge is 0.465 e. The Balaban J connectivity index is 1.84. The van der Waals surface area contributed by atoms with Gasteiger partial charge in [0.25, 0.3) is 6.02 Å². The van der Waals surface area contributed by atoms with Crippen molar-refractivity contribution in [3.8, 4) is 11.1 Å². The van der Waals surface area contributed by atoms with Crippen LogP contribution in [0.25, 0.3) is 11.1 Å². The number of H-pyrrole nitrogens is 1. The number of aromatic nitrogens is 3.